The summed E-state index contributed by atoms with van der Waals surface area (Å²) < 4.78 is 1.06. The fraction of sp³-hybridized carbons (Fsp3) is 0.360. The SMILES string of the molecule is CCN(CC)C(C)CCCNc1nc(/C=C/c2ccc(Br)cc2)nc2cc(Cl)ccc12. The highest BCUT2D eigenvalue weighted by Gasteiger charge is 2.10. The van der Waals surface area contributed by atoms with E-state index in [1.807, 2.05) is 42.5 Å². The van der Waals surface area contributed by atoms with Crippen molar-refractivity contribution in [2.24, 2.45) is 0 Å². The number of anilines is 1. The second-order valence-corrected chi connectivity index (χ2v) is 8.97. The molecule has 1 aromatic heterocycles. The van der Waals surface area contributed by atoms with E-state index in [1.165, 1.54) is 0 Å². The van der Waals surface area contributed by atoms with E-state index in [-0.39, 0.29) is 0 Å². The van der Waals surface area contributed by atoms with Gasteiger partial charge in [0, 0.05) is 27.5 Å². The number of hydrogen-bond donors (Lipinski definition) is 1. The van der Waals surface area contributed by atoms with Crippen LogP contribution in [0.2, 0.25) is 5.02 Å². The minimum Gasteiger partial charge on any atom is -0.369 e. The molecule has 0 spiro atoms. The Hall–Kier alpha value is -1.95. The first kappa shape index (κ1) is 23.7. The van der Waals surface area contributed by atoms with Crippen LogP contribution >= 0.6 is 27.5 Å². The van der Waals surface area contributed by atoms with E-state index >= 15 is 0 Å². The molecule has 6 heteroatoms. The van der Waals surface area contributed by atoms with Crippen molar-refractivity contribution in [1.82, 2.24) is 14.9 Å². The molecule has 0 aliphatic rings. The Labute approximate surface area is 198 Å². The molecule has 0 saturated carbocycles. The number of benzene rings is 2. The molecule has 164 valence electrons. The molecule has 0 amide bonds. The van der Waals surface area contributed by atoms with Gasteiger partial charge in [0.25, 0.3) is 0 Å². The molecule has 0 aliphatic carbocycles. The van der Waals surface area contributed by atoms with E-state index < -0.39 is 0 Å². The molecule has 0 saturated heterocycles. The molecule has 1 N–H and O–H groups in total. The van der Waals surface area contributed by atoms with Crippen LogP contribution in [0, 0.1) is 0 Å². The number of aromatic nitrogens is 2. The summed E-state index contributed by atoms with van der Waals surface area (Å²) in [6, 6.07) is 14.5. The predicted molar refractivity (Wildman–Crippen MR) is 138 cm³/mol. The molecule has 31 heavy (non-hydrogen) atoms. The van der Waals surface area contributed by atoms with Gasteiger partial charge in [-0.1, -0.05) is 59.6 Å². The summed E-state index contributed by atoms with van der Waals surface area (Å²) in [6.07, 6.45) is 6.20. The summed E-state index contributed by atoms with van der Waals surface area (Å²) in [4.78, 5) is 12.0. The lowest BCUT2D eigenvalue weighted by molar-refractivity contribution is 0.219. The van der Waals surface area contributed by atoms with Gasteiger partial charge in [0.15, 0.2) is 5.82 Å². The third kappa shape index (κ3) is 6.76. The number of nitrogens with one attached hydrogen (secondary N) is 1. The number of halogens is 2. The van der Waals surface area contributed by atoms with Crippen LogP contribution in [0.1, 0.15) is 45.0 Å². The van der Waals surface area contributed by atoms with E-state index in [0.717, 1.165) is 59.2 Å². The lowest BCUT2D eigenvalue weighted by Gasteiger charge is -2.26. The van der Waals surface area contributed by atoms with Gasteiger partial charge in [-0.3, -0.25) is 0 Å². The Kier molecular flexibility index (Phi) is 8.88. The Morgan fingerprint density at radius 3 is 2.52 bits per heavy atom. The van der Waals surface area contributed by atoms with Crippen LogP contribution in [0.4, 0.5) is 5.82 Å². The molecule has 2 aromatic carbocycles. The standard InChI is InChI=1S/C25H30BrClN4/c1-4-31(5-2)18(3)7-6-16-28-25-22-14-13-21(27)17-23(22)29-24(30-25)15-10-19-8-11-20(26)12-9-19/h8-15,17-18H,4-7,16H2,1-3H3,(H,28,29,30)/b15-10+. The van der Waals surface area contributed by atoms with Crippen molar-refractivity contribution in [3.63, 3.8) is 0 Å². The van der Waals surface area contributed by atoms with Crippen LogP contribution in [0.15, 0.2) is 46.9 Å². The number of fused-ring (bicyclic) bond motifs is 1. The zero-order valence-corrected chi connectivity index (χ0v) is 20.7. The highest BCUT2D eigenvalue weighted by atomic mass is 79.9. The molecule has 1 atom stereocenters. The maximum absolute atomic E-state index is 6.22. The normalized spacial score (nSPS) is 12.7. The highest BCUT2D eigenvalue weighted by Crippen LogP contribution is 2.24. The Bertz CT molecular complexity index is 1020. The minimum absolute atomic E-state index is 0.585. The summed E-state index contributed by atoms with van der Waals surface area (Å²) >= 11 is 9.69. The molecule has 0 bridgehead atoms. The third-order valence-electron chi connectivity index (χ3n) is 5.50. The van der Waals surface area contributed by atoms with Gasteiger partial charge < -0.3 is 10.2 Å². The van der Waals surface area contributed by atoms with Crippen molar-refractivity contribution in [2.45, 2.75) is 39.7 Å². The molecule has 3 aromatic rings. The Morgan fingerprint density at radius 1 is 1.06 bits per heavy atom. The average molecular weight is 502 g/mol. The second kappa shape index (κ2) is 11.6. The topological polar surface area (TPSA) is 41.0 Å². The molecular formula is C25H30BrClN4. The highest BCUT2D eigenvalue weighted by molar-refractivity contribution is 9.10. The van der Waals surface area contributed by atoms with Gasteiger partial charge >= 0.3 is 0 Å². The van der Waals surface area contributed by atoms with E-state index in [4.69, 9.17) is 21.6 Å². The fourth-order valence-electron chi connectivity index (χ4n) is 3.71. The van der Waals surface area contributed by atoms with Gasteiger partial charge in [-0.05, 0) is 74.8 Å². The predicted octanol–water partition coefficient (Wildman–Crippen LogP) is 7.14. The number of rotatable bonds is 10. The van der Waals surface area contributed by atoms with Crippen molar-refractivity contribution in [1.29, 1.82) is 0 Å². The van der Waals surface area contributed by atoms with E-state index in [0.29, 0.717) is 16.9 Å². The first-order valence-electron chi connectivity index (χ1n) is 10.9. The zero-order valence-electron chi connectivity index (χ0n) is 18.4. The quantitative estimate of drug-likeness (QED) is 0.300. The summed E-state index contributed by atoms with van der Waals surface area (Å²) in [7, 11) is 0. The second-order valence-electron chi connectivity index (χ2n) is 7.62. The molecule has 0 fully saturated rings. The van der Waals surface area contributed by atoms with E-state index in [1.54, 1.807) is 0 Å². The maximum atomic E-state index is 6.22. The molecule has 1 heterocycles. The van der Waals surface area contributed by atoms with E-state index in [2.05, 4.69) is 59.1 Å². The van der Waals surface area contributed by atoms with Gasteiger partial charge in [-0.15, -0.1) is 0 Å². The van der Waals surface area contributed by atoms with Gasteiger partial charge in [-0.25, -0.2) is 9.97 Å². The van der Waals surface area contributed by atoms with Crippen LogP contribution in [-0.2, 0) is 0 Å². The smallest absolute Gasteiger partial charge is 0.154 e. The maximum Gasteiger partial charge on any atom is 0.154 e. The zero-order chi connectivity index (χ0) is 22.2. The molecule has 1 unspecified atom stereocenters. The molecule has 3 rings (SSSR count). The van der Waals surface area contributed by atoms with E-state index in [9.17, 15) is 0 Å². The van der Waals surface area contributed by atoms with Crippen molar-refractivity contribution in [2.75, 3.05) is 25.0 Å². The van der Waals surface area contributed by atoms with Gasteiger partial charge in [0.1, 0.15) is 5.82 Å². The van der Waals surface area contributed by atoms with Crippen molar-refractivity contribution in [3.8, 4) is 0 Å². The van der Waals surface area contributed by atoms with Crippen LogP contribution in [0.5, 0.6) is 0 Å². The summed E-state index contributed by atoms with van der Waals surface area (Å²) in [5.41, 5.74) is 1.94. The molecule has 0 aliphatic heterocycles. The summed E-state index contributed by atoms with van der Waals surface area (Å²) in [6.45, 7) is 9.81. The summed E-state index contributed by atoms with van der Waals surface area (Å²) in [5.74, 6) is 1.52. The van der Waals surface area contributed by atoms with Crippen LogP contribution < -0.4 is 5.32 Å². The van der Waals surface area contributed by atoms with Gasteiger partial charge in [0.05, 0.1) is 5.52 Å². The van der Waals surface area contributed by atoms with Crippen molar-refractivity contribution in [3.05, 3.63) is 63.3 Å². The van der Waals surface area contributed by atoms with Crippen LogP contribution in [0.25, 0.3) is 23.1 Å². The minimum atomic E-state index is 0.585. The lowest BCUT2D eigenvalue weighted by Crippen LogP contribution is -2.32. The Morgan fingerprint density at radius 2 is 1.81 bits per heavy atom. The molecule has 0 radical (unpaired) electrons. The monoisotopic (exact) mass is 500 g/mol. The molecular weight excluding hydrogens is 472 g/mol. The lowest BCUT2D eigenvalue weighted by atomic mass is 10.1. The number of nitrogens with zero attached hydrogens (tertiary/aromatic N) is 3. The van der Waals surface area contributed by atoms with Crippen molar-refractivity contribution < 1.29 is 0 Å². The van der Waals surface area contributed by atoms with Crippen molar-refractivity contribution >= 4 is 56.4 Å². The van der Waals surface area contributed by atoms with Gasteiger partial charge in [-0.2, -0.15) is 0 Å². The third-order valence-corrected chi connectivity index (χ3v) is 6.26. The van der Waals surface area contributed by atoms with Crippen LogP contribution in [0.3, 0.4) is 0 Å². The Balaban J connectivity index is 1.75. The molecule has 4 nitrogen and oxygen atoms in total. The first-order valence-corrected chi connectivity index (χ1v) is 12.1. The summed E-state index contributed by atoms with van der Waals surface area (Å²) in [5, 5.41) is 5.19. The number of hydrogen-bond acceptors (Lipinski definition) is 4. The largest absolute Gasteiger partial charge is 0.369 e. The van der Waals surface area contributed by atoms with Gasteiger partial charge in [0.2, 0.25) is 0 Å². The average Bonchev–Trinajstić information content (AvgIpc) is 2.76. The van der Waals surface area contributed by atoms with Crippen LogP contribution in [-0.4, -0.2) is 40.5 Å². The first-order chi connectivity index (χ1) is 15.0. The fourth-order valence-corrected chi connectivity index (χ4v) is 4.14.